The fourth-order valence-electron chi connectivity index (χ4n) is 1.21. The van der Waals surface area contributed by atoms with Crippen LogP contribution in [0.15, 0.2) is 36.5 Å². The zero-order chi connectivity index (χ0) is 12.3. The third-order valence-corrected chi connectivity index (χ3v) is 2.29. The highest BCUT2D eigenvalue weighted by atomic mass is 35.5. The van der Waals surface area contributed by atoms with Crippen LogP contribution in [-0.4, -0.2) is 4.98 Å². The summed E-state index contributed by atoms with van der Waals surface area (Å²) in [6.07, 6.45) is 1.41. The Hall–Kier alpha value is -2.12. The maximum atomic E-state index is 13.5. The van der Waals surface area contributed by atoms with Gasteiger partial charge in [-0.05, 0) is 18.2 Å². The minimum Gasteiger partial charge on any atom is -0.436 e. The van der Waals surface area contributed by atoms with Gasteiger partial charge in [0.15, 0.2) is 11.6 Å². The molecule has 0 aliphatic heterocycles. The molecule has 2 aromatic rings. The highest BCUT2D eigenvalue weighted by molar-refractivity contribution is 6.30. The summed E-state index contributed by atoms with van der Waals surface area (Å²) in [5.41, 5.74) is 0.387. The van der Waals surface area contributed by atoms with E-state index in [1.54, 1.807) is 6.07 Å². The average molecular weight is 249 g/mol. The van der Waals surface area contributed by atoms with E-state index in [-0.39, 0.29) is 16.7 Å². The lowest BCUT2D eigenvalue weighted by molar-refractivity contribution is 0.427. The quantitative estimate of drug-likeness (QED) is 0.817. The van der Waals surface area contributed by atoms with Crippen LogP contribution in [0.25, 0.3) is 0 Å². The van der Waals surface area contributed by atoms with Gasteiger partial charge in [0.05, 0.1) is 16.7 Å². The molecule has 1 aromatic heterocycles. The number of aromatic nitrogens is 1. The highest BCUT2D eigenvalue weighted by Gasteiger charge is 2.09. The molecule has 0 fully saturated rings. The Morgan fingerprint density at radius 3 is 2.94 bits per heavy atom. The fourth-order valence-corrected chi connectivity index (χ4v) is 1.38. The summed E-state index contributed by atoms with van der Waals surface area (Å²) >= 11 is 5.61. The Morgan fingerprint density at radius 2 is 2.18 bits per heavy atom. The molecule has 0 aliphatic carbocycles. The van der Waals surface area contributed by atoms with Gasteiger partial charge in [-0.2, -0.15) is 5.26 Å². The van der Waals surface area contributed by atoms with Crippen molar-refractivity contribution < 1.29 is 9.13 Å². The van der Waals surface area contributed by atoms with Gasteiger partial charge in [0, 0.05) is 12.3 Å². The molecule has 17 heavy (non-hydrogen) atoms. The molecule has 2 rings (SSSR count). The molecule has 0 N–H and O–H groups in total. The van der Waals surface area contributed by atoms with Crippen LogP contribution in [0.2, 0.25) is 5.02 Å². The maximum absolute atomic E-state index is 13.5. The second kappa shape index (κ2) is 4.81. The number of halogens is 2. The Morgan fingerprint density at radius 1 is 1.35 bits per heavy atom. The van der Waals surface area contributed by atoms with E-state index in [0.29, 0.717) is 5.56 Å². The molecule has 0 aliphatic rings. The van der Waals surface area contributed by atoms with Crippen LogP contribution in [0.3, 0.4) is 0 Å². The normalized spacial score (nSPS) is 9.71. The van der Waals surface area contributed by atoms with Crippen molar-refractivity contribution in [3.63, 3.8) is 0 Å². The van der Waals surface area contributed by atoms with Gasteiger partial charge in [-0.1, -0.05) is 17.7 Å². The molecule has 3 nitrogen and oxygen atoms in total. The Bertz CT molecular complexity index is 595. The number of benzene rings is 1. The summed E-state index contributed by atoms with van der Waals surface area (Å²) in [7, 11) is 0. The standard InChI is InChI=1S/C12H6ClFN2O/c13-9-2-1-3-10(12(9)14)17-11-6-8(7-15)4-5-16-11/h1-6H. The molecule has 0 saturated carbocycles. The topological polar surface area (TPSA) is 45.9 Å². The Balaban J connectivity index is 2.32. The van der Waals surface area contributed by atoms with Crippen molar-refractivity contribution in [3.05, 3.63) is 52.9 Å². The first-order valence-corrected chi connectivity index (χ1v) is 5.06. The predicted molar refractivity (Wildman–Crippen MR) is 60.4 cm³/mol. The van der Waals surface area contributed by atoms with Crippen LogP contribution in [0, 0.1) is 17.1 Å². The molecule has 0 unspecified atom stereocenters. The summed E-state index contributed by atoms with van der Waals surface area (Å²) in [4.78, 5) is 3.87. The number of nitriles is 1. The fraction of sp³-hybridized carbons (Fsp3) is 0. The first kappa shape index (κ1) is 11.4. The zero-order valence-electron chi connectivity index (χ0n) is 8.52. The number of ether oxygens (including phenoxy) is 1. The van der Waals surface area contributed by atoms with Crippen LogP contribution in [0.4, 0.5) is 4.39 Å². The highest BCUT2D eigenvalue weighted by Crippen LogP contribution is 2.27. The number of rotatable bonds is 2. The van der Waals surface area contributed by atoms with Crippen LogP contribution < -0.4 is 4.74 Å². The molecule has 0 atom stereocenters. The molecule has 1 heterocycles. The number of hydrogen-bond acceptors (Lipinski definition) is 3. The molecular weight excluding hydrogens is 243 g/mol. The van der Waals surface area contributed by atoms with Gasteiger partial charge < -0.3 is 4.74 Å². The van der Waals surface area contributed by atoms with Crippen molar-refractivity contribution in [2.45, 2.75) is 0 Å². The van der Waals surface area contributed by atoms with Crippen LogP contribution in [0.5, 0.6) is 11.6 Å². The van der Waals surface area contributed by atoms with Crippen molar-refractivity contribution in [2.75, 3.05) is 0 Å². The van der Waals surface area contributed by atoms with Gasteiger partial charge in [-0.25, -0.2) is 9.37 Å². The minimum absolute atomic E-state index is 0.0277. The molecule has 0 radical (unpaired) electrons. The number of pyridine rings is 1. The maximum Gasteiger partial charge on any atom is 0.220 e. The summed E-state index contributed by atoms with van der Waals surface area (Å²) in [5.74, 6) is -0.538. The molecule has 0 spiro atoms. The van der Waals surface area contributed by atoms with E-state index < -0.39 is 5.82 Å². The largest absolute Gasteiger partial charge is 0.436 e. The number of nitrogens with zero attached hydrogens (tertiary/aromatic N) is 2. The molecule has 0 bridgehead atoms. The van der Waals surface area contributed by atoms with E-state index in [4.69, 9.17) is 21.6 Å². The second-order valence-electron chi connectivity index (χ2n) is 3.15. The second-order valence-corrected chi connectivity index (χ2v) is 3.56. The predicted octanol–water partition coefficient (Wildman–Crippen LogP) is 3.54. The van der Waals surface area contributed by atoms with E-state index in [2.05, 4.69) is 4.98 Å². The van der Waals surface area contributed by atoms with Crippen LogP contribution in [0.1, 0.15) is 5.56 Å². The number of hydrogen-bond donors (Lipinski definition) is 0. The molecule has 1 aromatic carbocycles. The SMILES string of the molecule is N#Cc1ccnc(Oc2cccc(Cl)c2F)c1. The summed E-state index contributed by atoms with van der Waals surface area (Å²) in [6.45, 7) is 0. The van der Waals surface area contributed by atoms with Crippen molar-refractivity contribution in [3.8, 4) is 17.7 Å². The summed E-state index contributed by atoms with van der Waals surface area (Å²) in [5, 5.41) is 8.67. The van der Waals surface area contributed by atoms with Gasteiger partial charge in [-0.3, -0.25) is 0 Å². The average Bonchev–Trinajstić information content (AvgIpc) is 2.35. The van der Waals surface area contributed by atoms with Crippen LogP contribution >= 0.6 is 11.6 Å². The van der Waals surface area contributed by atoms with Crippen molar-refractivity contribution >= 4 is 11.6 Å². The summed E-state index contributed by atoms with van der Waals surface area (Å²) in [6, 6.07) is 9.30. The third-order valence-electron chi connectivity index (χ3n) is 1.99. The van der Waals surface area contributed by atoms with Crippen molar-refractivity contribution in [1.29, 1.82) is 5.26 Å². The van der Waals surface area contributed by atoms with Crippen LogP contribution in [-0.2, 0) is 0 Å². The van der Waals surface area contributed by atoms with Gasteiger partial charge >= 0.3 is 0 Å². The van der Waals surface area contributed by atoms with E-state index in [0.717, 1.165) is 0 Å². The first-order valence-electron chi connectivity index (χ1n) is 4.69. The molecule has 5 heteroatoms. The third kappa shape index (κ3) is 2.52. The molecular formula is C12H6ClFN2O. The first-order chi connectivity index (χ1) is 8.20. The minimum atomic E-state index is -0.654. The van der Waals surface area contributed by atoms with E-state index >= 15 is 0 Å². The lowest BCUT2D eigenvalue weighted by atomic mass is 10.3. The molecule has 0 saturated heterocycles. The Kier molecular flexibility index (Phi) is 3.22. The van der Waals surface area contributed by atoms with Gasteiger partial charge in [0.2, 0.25) is 5.88 Å². The smallest absolute Gasteiger partial charge is 0.220 e. The summed E-state index contributed by atoms with van der Waals surface area (Å²) < 4.78 is 18.7. The molecule has 84 valence electrons. The van der Waals surface area contributed by atoms with E-state index in [9.17, 15) is 4.39 Å². The van der Waals surface area contributed by atoms with Gasteiger partial charge in [-0.15, -0.1) is 0 Å². The monoisotopic (exact) mass is 248 g/mol. The zero-order valence-corrected chi connectivity index (χ0v) is 9.28. The molecule has 0 amide bonds. The van der Waals surface area contributed by atoms with E-state index in [1.807, 2.05) is 6.07 Å². The van der Waals surface area contributed by atoms with E-state index in [1.165, 1.54) is 30.5 Å². The Labute approximate surface area is 102 Å². The van der Waals surface area contributed by atoms with Crippen molar-refractivity contribution in [2.24, 2.45) is 0 Å². The van der Waals surface area contributed by atoms with Gasteiger partial charge in [0.1, 0.15) is 0 Å². The lowest BCUT2D eigenvalue weighted by Gasteiger charge is -2.06. The van der Waals surface area contributed by atoms with Crippen molar-refractivity contribution in [1.82, 2.24) is 4.98 Å². The lowest BCUT2D eigenvalue weighted by Crippen LogP contribution is -1.91. The van der Waals surface area contributed by atoms with Gasteiger partial charge in [0.25, 0.3) is 0 Å².